The van der Waals surface area contributed by atoms with E-state index in [2.05, 4.69) is 15.5 Å². The van der Waals surface area contributed by atoms with Crippen LogP contribution in [-0.2, 0) is 6.42 Å². The second-order valence-electron chi connectivity index (χ2n) is 4.21. The van der Waals surface area contributed by atoms with E-state index in [0.717, 1.165) is 30.0 Å². The van der Waals surface area contributed by atoms with Crippen molar-refractivity contribution in [3.8, 4) is 11.5 Å². The summed E-state index contributed by atoms with van der Waals surface area (Å²) in [6, 6.07) is 9.40. The van der Waals surface area contributed by atoms with Crippen LogP contribution < -0.4 is 20.5 Å². The van der Waals surface area contributed by atoms with Crippen LogP contribution >= 0.6 is 0 Å². The molecule has 3 N–H and O–H groups in total. The van der Waals surface area contributed by atoms with Crippen molar-refractivity contribution < 1.29 is 9.47 Å². The minimum Gasteiger partial charge on any atom is -0.493 e. The highest BCUT2D eigenvalue weighted by Crippen LogP contribution is 2.27. The van der Waals surface area contributed by atoms with Crippen LogP contribution in [0.3, 0.4) is 0 Å². The summed E-state index contributed by atoms with van der Waals surface area (Å²) in [5.41, 5.74) is 6.63. The van der Waals surface area contributed by atoms with Crippen LogP contribution in [0.15, 0.2) is 30.3 Å². The van der Waals surface area contributed by atoms with E-state index in [0.29, 0.717) is 11.6 Å². The summed E-state index contributed by atoms with van der Waals surface area (Å²) in [7, 11) is 3.25. The lowest BCUT2D eigenvalue weighted by atomic mass is 10.1. The van der Waals surface area contributed by atoms with Gasteiger partial charge < -0.3 is 20.5 Å². The Morgan fingerprint density at radius 2 is 1.85 bits per heavy atom. The van der Waals surface area contributed by atoms with Gasteiger partial charge in [0.2, 0.25) is 0 Å². The van der Waals surface area contributed by atoms with Gasteiger partial charge >= 0.3 is 0 Å². The normalized spacial score (nSPS) is 10.1. The molecule has 0 aliphatic carbocycles. The Balaban J connectivity index is 1.92. The highest BCUT2D eigenvalue weighted by Gasteiger charge is 2.04. The zero-order valence-corrected chi connectivity index (χ0v) is 11.6. The number of anilines is 2. The number of nitrogen functional groups attached to an aromatic ring is 1. The molecule has 2 aromatic rings. The van der Waals surface area contributed by atoms with Crippen molar-refractivity contribution in [2.24, 2.45) is 0 Å². The lowest BCUT2D eigenvalue weighted by Gasteiger charge is -2.10. The molecule has 0 radical (unpaired) electrons. The highest BCUT2D eigenvalue weighted by atomic mass is 16.5. The largest absolute Gasteiger partial charge is 0.493 e. The van der Waals surface area contributed by atoms with Gasteiger partial charge in [-0.15, -0.1) is 10.2 Å². The first-order valence-corrected chi connectivity index (χ1v) is 6.27. The Morgan fingerprint density at radius 3 is 2.50 bits per heavy atom. The first-order chi connectivity index (χ1) is 9.72. The molecule has 0 atom stereocenters. The summed E-state index contributed by atoms with van der Waals surface area (Å²) in [6.07, 6.45) is 0.840. The fourth-order valence-corrected chi connectivity index (χ4v) is 1.81. The second-order valence-corrected chi connectivity index (χ2v) is 4.21. The average molecular weight is 274 g/mol. The van der Waals surface area contributed by atoms with Gasteiger partial charge in [-0.05, 0) is 36.2 Å². The Bertz CT molecular complexity index is 558. The van der Waals surface area contributed by atoms with Crippen molar-refractivity contribution in [1.29, 1.82) is 0 Å². The van der Waals surface area contributed by atoms with Gasteiger partial charge in [0, 0.05) is 6.54 Å². The van der Waals surface area contributed by atoms with Gasteiger partial charge in [-0.25, -0.2) is 0 Å². The number of methoxy groups -OCH3 is 2. The van der Waals surface area contributed by atoms with E-state index in [9.17, 15) is 0 Å². The SMILES string of the molecule is COc1ccc(CCNc2ccc(N)nn2)cc1OC. The molecule has 0 unspecified atom stereocenters. The topological polar surface area (TPSA) is 82.3 Å². The molecule has 6 heteroatoms. The maximum atomic E-state index is 5.48. The first-order valence-electron chi connectivity index (χ1n) is 6.27. The summed E-state index contributed by atoms with van der Waals surface area (Å²) >= 11 is 0. The number of nitrogens with two attached hydrogens (primary N) is 1. The van der Waals surface area contributed by atoms with Crippen molar-refractivity contribution in [3.05, 3.63) is 35.9 Å². The summed E-state index contributed by atoms with van der Waals surface area (Å²) < 4.78 is 10.5. The van der Waals surface area contributed by atoms with Crippen molar-refractivity contribution in [3.63, 3.8) is 0 Å². The molecule has 2 rings (SSSR count). The number of hydrogen-bond acceptors (Lipinski definition) is 6. The van der Waals surface area contributed by atoms with E-state index in [-0.39, 0.29) is 0 Å². The molecule has 0 spiro atoms. The predicted molar refractivity (Wildman–Crippen MR) is 78.2 cm³/mol. The Labute approximate surface area is 117 Å². The van der Waals surface area contributed by atoms with Crippen LogP contribution in [0.4, 0.5) is 11.6 Å². The number of nitrogens with one attached hydrogen (secondary N) is 1. The lowest BCUT2D eigenvalue weighted by Crippen LogP contribution is -2.07. The maximum Gasteiger partial charge on any atom is 0.160 e. The van der Waals surface area contributed by atoms with Gasteiger partial charge in [-0.1, -0.05) is 6.07 Å². The summed E-state index contributed by atoms with van der Waals surface area (Å²) in [6.45, 7) is 0.744. The van der Waals surface area contributed by atoms with Crippen molar-refractivity contribution in [2.45, 2.75) is 6.42 Å². The predicted octanol–water partition coefficient (Wildman–Crippen LogP) is 1.73. The van der Waals surface area contributed by atoms with Crippen LogP contribution in [0.2, 0.25) is 0 Å². The van der Waals surface area contributed by atoms with E-state index >= 15 is 0 Å². The maximum absolute atomic E-state index is 5.48. The number of benzene rings is 1. The molecule has 106 valence electrons. The van der Waals surface area contributed by atoms with Crippen molar-refractivity contribution in [2.75, 3.05) is 31.8 Å². The molecule has 0 fully saturated rings. The molecule has 1 aromatic carbocycles. The fourth-order valence-electron chi connectivity index (χ4n) is 1.81. The third kappa shape index (κ3) is 3.50. The van der Waals surface area contributed by atoms with Crippen LogP contribution in [0.5, 0.6) is 11.5 Å². The van der Waals surface area contributed by atoms with Gasteiger partial charge in [0.25, 0.3) is 0 Å². The zero-order valence-electron chi connectivity index (χ0n) is 11.6. The molecule has 0 aliphatic rings. The smallest absolute Gasteiger partial charge is 0.160 e. The monoisotopic (exact) mass is 274 g/mol. The first kappa shape index (κ1) is 13.9. The van der Waals surface area contributed by atoms with Gasteiger partial charge in [-0.3, -0.25) is 0 Å². The molecular weight excluding hydrogens is 256 g/mol. The number of aromatic nitrogens is 2. The molecule has 1 aromatic heterocycles. The quantitative estimate of drug-likeness (QED) is 0.834. The second kappa shape index (κ2) is 6.60. The molecular formula is C14H18N4O2. The van der Waals surface area contributed by atoms with Gasteiger partial charge in [-0.2, -0.15) is 0 Å². The van der Waals surface area contributed by atoms with Crippen LogP contribution in [-0.4, -0.2) is 31.0 Å². The van der Waals surface area contributed by atoms with Crippen molar-refractivity contribution >= 4 is 11.6 Å². The number of nitrogens with zero attached hydrogens (tertiary/aromatic N) is 2. The molecule has 20 heavy (non-hydrogen) atoms. The minimum absolute atomic E-state index is 0.412. The van der Waals surface area contributed by atoms with Crippen LogP contribution in [0.1, 0.15) is 5.56 Å². The number of rotatable bonds is 6. The van der Waals surface area contributed by atoms with Crippen LogP contribution in [0, 0.1) is 0 Å². The van der Waals surface area contributed by atoms with Gasteiger partial charge in [0.15, 0.2) is 11.5 Å². The number of ether oxygens (including phenoxy) is 2. The molecule has 0 aliphatic heterocycles. The summed E-state index contributed by atoms with van der Waals surface area (Å²) in [5, 5.41) is 10.9. The highest BCUT2D eigenvalue weighted by molar-refractivity contribution is 5.43. The molecule has 6 nitrogen and oxygen atoms in total. The van der Waals surface area contributed by atoms with E-state index in [1.807, 2.05) is 18.2 Å². The Kier molecular flexibility index (Phi) is 4.60. The van der Waals surface area contributed by atoms with E-state index in [1.54, 1.807) is 26.4 Å². The summed E-state index contributed by atoms with van der Waals surface area (Å²) in [4.78, 5) is 0. The summed E-state index contributed by atoms with van der Waals surface area (Å²) in [5.74, 6) is 2.58. The Morgan fingerprint density at radius 1 is 1.05 bits per heavy atom. The molecule has 0 saturated heterocycles. The zero-order chi connectivity index (χ0) is 14.4. The lowest BCUT2D eigenvalue weighted by molar-refractivity contribution is 0.354. The Hall–Kier alpha value is -2.50. The van der Waals surface area contributed by atoms with Crippen LogP contribution in [0.25, 0.3) is 0 Å². The number of hydrogen-bond donors (Lipinski definition) is 2. The van der Waals surface area contributed by atoms with Gasteiger partial charge in [0.1, 0.15) is 11.6 Å². The minimum atomic E-state index is 0.412. The van der Waals surface area contributed by atoms with E-state index in [1.165, 1.54) is 0 Å². The molecule has 0 saturated carbocycles. The average Bonchev–Trinajstić information content (AvgIpc) is 2.49. The molecule has 0 amide bonds. The fraction of sp³-hybridized carbons (Fsp3) is 0.286. The molecule has 1 heterocycles. The van der Waals surface area contributed by atoms with Gasteiger partial charge in [0.05, 0.1) is 14.2 Å². The van der Waals surface area contributed by atoms with Crippen molar-refractivity contribution in [1.82, 2.24) is 10.2 Å². The third-order valence-electron chi connectivity index (χ3n) is 2.85. The molecule has 0 bridgehead atoms. The standard InChI is InChI=1S/C14H18N4O2/c1-19-11-4-3-10(9-12(11)20-2)7-8-16-14-6-5-13(15)17-18-14/h3-6,9H,7-8H2,1-2H3,(H2,15,17)(H,16,18). The third-order valence-corrected chi connectivity index (χ3v) is 2.85. The van der Waals surface area contributed by atoms with E-state index < -0.39 is 0 Å². The van der Waals surface area contributed by atoms with E-state index in [4.69, 9.17) is 15.2 Å².